The highest BCUT2D eigenvalue weighted by molar-refractivity contribution is 6.31. The number of benzene rings is 2. The second-order valence-electron chi connectivity index (χ2n) is 9.80. The molecule has 0 unspecified atom stereocenters. The molecule has 0 amide bonds. The number of aryl methyl sites for hydroxylation is 1. The molecule has 7 heteroatoms. The van der Waals surface area contributed by atoms with Crippen LogP contribution >= 0.6 is 11.6 Å². The van der Waals surface area contributed by atoms with Gasteiger partial charge in [-0.3, -0.25) is 4.79 Å². The van der Waals surface area contributed by atoms with Gasteiger partial charge in [0.05, 0.1) is 18.1 Å². The molecule has 0 spiro atoms. The van der Waals surface area contributed by atoms with Gasteiger partial charge in [0.1, 0.15) is 5.52 Å². The summed E-state index contributed by atoms with van der Waals surface area (Å²) >= 11 is 5.86. The summed E-state index contributed by atoms with van der Waals surface area (Å²) in [6.07, 6.45) is 3.20. The number of nitrogens with zero attached hydrogens (tertiary/aromatic N) is 4. The summed E-state index contributed by atoms with van der Waals surface area (Å²) in [5.74, 6) is 0.841. The summed E-state index contributed by atoms with van der Waals surface area (Å²) in [5, 5.41) is 8.88. The van der Waals surface area contributed by atoms with E-state index in [-0.39, 0.29) is 11.2 Å². The molecule has 32 heavy (non-hydrogen) atoms. The van der Waals surface area contributed by atoms with Gasteiger partial charge in [0.25, 0.3) is 0 Å². The lowest BCUT2D eigenvalue weighted by molar-refractivity contribution is 0.0858. The summed E-state index contributed by atoms with van der Waals surface area (Å²) < 4.78 is 5.62. The van der Waals surface area contributed by atoms with Gasteiger partial charge >= 0.3 is 0 Å². The van der Waals surface area contributed by atoms with Crippen molar-refractivity contribution in [2.75, 3.05) is 0 Å². The third-order valence-corrected chi connectivity index (χ3v) is 4.94. The quantitative estimate of drug-likeness (QED) is 0.321. The normalized spacial score (nSPS) is 11.9. The van der Waals surface area contributed by atoms with Crippen molar-refractivity contribution in [3.63, 3.8) is 0 Å². The maximum absolute atomic E-state index is 12.5. The van der Waals surface area contributed by atoms with Gasteiger partial charge < -0.3 is 4.42 Å². The van der Waals surface area contributed by atoms with E-state index in [0.29, 0.717) is 10.6 Å². The Kier molecular flexibility index (Phi) is 6.56. The summed E-state index contributed by atoms with van der Waals surface area (Å²) in [6.45, 7) is 13.9. The number of hydrogen-bond acceptors (Lipinski definition) is 5. The molecule has 2 aromatic carbocycles. The van der Waals surface area contributed by atoms with Crippen molar-refractivity contribution in [1.82, 2.24) is 20.0 Å². The molecule has 0 aliphatic rings. The molecule has 0 aliphatic heterocycles. The van der Waals surface area contributed by atoms with E-state index in [1.54, 1.807) is 12.4 Å². The molecule has 168 valence electrons. The minimum atomic E-state index is -0.421. The average Bonchev–Trinajstić information content (AvgIpc) is 3.36. The lowest BCUT2D eigenvalue weighted by Crippen LogP contribution is -2.22. The highest BCUT2D eigenvalue weighted by atomic mass is 35.5. The first-order valence-electron chi connectivity index (χ1n) is 10.4. The number of hydrogen-bond donors (Lipinski definition) is 0. The molecule has 0 saturated carbocycles. The molecule has 0 atom stereocenters. The number of carbonyl (C=O) groups excluding carboxylic acids is 1. The molecule has 0 fully saturated rings. The SMILES string of the molecule is CC(C)(C)c1nc2cc(Cl)ccc2o1.Cc1ccc(-n2nccn2)c(C(=O)C(C)(C)C)c1. The minimum absolute atomic E-state index is 0.0640. The van der Waals surface area contributed by atoms with E-state index in [1.807, 2.05) is 64.1 Å². The number of Topliss-reactive ketones (excluding diaryl/α,β-unsaturated/α-hetero) is 1. The van der Waals surface area contributed by atoms with Gasteiger partial charge in [0, 0.05) is 21.4 Å². The zero-order chi connectivity index (χ0) is 23.7. The second-order valence-corrected chi connectivity index (χ2v) is 10.2. The van der Waals surface area contributed by atoms with Gasteiger partial charge in [-0.05, 0) is 37.3 Å². The highest BCUT2D eigenvalue weighted by Gasteiger charge is 2.26. The zero-order valence-corrected chi connectivity index (χ0v) is 20.4. The maximum Gasteiger partial charge on any atom is 0.200 e. The van der Waals surface area contributed by atoms with Crippen molar-refractivity contribution in [3.05, 3.63) is 70.8 Å². The largest absolute Gasteiger partial charge is 0.440 e. The van der Waals surface area contributed by atoms with Gasteiger partial charge in [-0.15, -0.1) is 0 Å². The minimum Gasteiger partial charge on any atom is -0.440 e. The fraction of sp³-hybridized carbons (Fsp3) is 0.360. The van der Waals surface area contributed by atoms with Crippen molar-refractivity contribution in [2.24, 2.45) is 5.41 Å². The number of ketones is 1. The first-order valence-corrected chi connectivity index (χ1v) is 10.8. The summed E-state index contributed by atoms with van der Waals surface area (Å²) in [6, 6.07) is 11.2. The first kappa shape index (κ1) is 23.7. The number of fused-ring (bicyclic) bond motifs is 1. The Hall–Kier alpha value is -2.99. The molecule has 0 radical (unpaired) electrons. The Morgan fingerprint density at radius 2 is 1.62 bits per heavy atom. The lowest BCUT2D eigenvalue weighted by atomic mass is 9.85. The predicted molar refractivity (Wildman–Crippen MR) is 128 cm³/mol. The van der Waals surface area contributed by atoms with E-state index in [1.165, 1.54) is 4.80 Å². The molecule has 2 aromatic heterocycles. The molecule has 0 saturated heterocycles. The van der Waals surface area contributed by atoms with Crippen molar-refractivity contribution in [2.45, 2.75) is 53.9 Å². The highest BCUT2D eigenvalue weighted by Crippen LogP contribution is 2.27. The van der Waals surface area contributed by atoms with Crippen molar-refractivity contribution < 1.29 is 9.21 Å². The van der Waals surface area contributed by atoms with Crippen LogP contribution in [0.1, 0.15) is 63.4 Å². The van der Waals surface area contributed by atoms with Crippen LogP contribution in [0.3, 0.4) is 0 Å². The van der Waals surface area contributed by atoms with Crippen LogP contribution in [0.4, 0.5) is 0 Å². The summed E-state index contributed by atoms with van der Waals surface area (Å²) in [5.41, 5.74) is 3.57. The Bertz CT molecular complexity index is 1230. The molecule has 0 N–H and O–H groups in total. The van der Waals surface area contributed by atoms with Crippen LogP contribution in [0.5, 0.6) is 0 Å². The Balaban J connectivity index is 0.000000186. The molecule has 0 bridgehead atoms. The number of aromatic nitrogens is 4. The van der Waals surface area contributed by atoms with Crippen molar-refractivity contribution >= 4 is 28.5 Å². The molecule has 4 aromatic rings. The second kappa shape index (κ2) is 8.87. The monoisotopic (exact) mass is 452 g/mol. The molecular formula is C25H29ClN4O2. The first-order chi connectivity index (χ1) is 14.9. The van der Waals surface area contributed by atoms with E-state index in [4.69, 9.17) is 16.0 Å². The molecular weight excluding hydrogens is 424 g/mol. The fourth-order valence-electron chi connectivity index (χ4n) is 2.97. The van der Waals surface area contributed by atoms with Crippen LogP contribution in [0.25, 0.3) is 16.8 Å². The average molecular weight is 453 g/mol. The third-order valence-electron chi connectivity index (χ3n) is 4.70. The van der Waals surface area contributed by atoms with Crippen LogP contribution in [0.2, 0.25) is 5.02 Å². The predicted octanol–water partition coefficient (Wildman–Crippen LogP) is 6.58. The maximum atomic E-state index is 12.5. The number of oxazole rings is 1. The topological polar surface area (TPSA) is 73.8 Å². The van der Waals surface area contributed by atoms with Gasteiger partial charge in [0.2, 0.25) is 5.89 Å². The number of rotatable bonds is 2. The molecule has 4 rings (SSSR count). The van der Waals surface area contributed by atoms with Crippen LogP contribution in [0.15, 0.2) is 53.2 Å². The van der Waals surface area contributed by atoms with E-state index in [9.17, 15) is 4.79 Å². The van der Waals surface area contributed by atoms with Crippen LogP contribution < -0.4 is 0 Å². The van der Waals surface area contributed by atoms with Crippen LogP contribution in [0, 0.1) is 12.3 Å². The van der Waals surface area contributed by atoms with E-state index < -0.39 is 5.41 Å². The van der Waals surface area contributed by atoms with Crippen molar-refractivity contribution in [1.29, 1.82) is 0 Å². The number of halogens is 1. The van der Waals surface area contributed by atoms with E-state index in [2.05, 4.69) is 36.0 Å². The van der Waals surface area contributed by atoms with E-state index >= 15 is 0 Å². The van der Waals surface area contributed by atoms with Gasteiger partial charge in [-0.25, -0.2) is 4.98 Å². The van der Waals surface area contributed by atoms with Gasteiger partial charge in [-0.1, -0.05) is 64.8 Å². The Labute approximate surface area is 193 Å². The fourth-order valence-corrected chi connectivity index (χ4v) is 3.14. The van der Waals surface area contributed by atoms with Crippen molar-refractivity contribution in [3.8, 4) is 5.69 Å². The standard InChI is InChI=1S/C14H17N3O.C11H12ClNO/c1-10-5-6-12(17-15-7-8-16-17)11(9-10)13(18)14(2,3)4;1-11(2,3)10-13-8-6-7(12)4-5-9(8)14-10/h5-9H,1-4H3;4-6H,1-3H3. The van der Waals surface area contributed by atoms with Crippen LogP contribution in [-0.4, -0.2) is 25.8 Å². The summed E-state index contributed by atoms with van der Waals surface area (Å²) in [7, 11) is 0. The van der Waals surface area contributed by atoms with Gasteiger partial charge in [-0.2, -0.15) is 15.0 Å². The zero-order valence-electron chi connectivity index (χ0n) is 19.6. The smallest absolute Gasteiger partial charge is 0.200 e. The lowest BCUT2D eigenvalue weighted by Gasteiger charge is -2.19. The third kappa shape index (κ3) is 5.43. The van der Waals surface area contributed by atoms with E-state index in [0.717, 1.165) is 28.2 Å². The molecule has 0 aliphatic carbocycles. The molecule has 6 nitrogen and oxygen atoms in total. The summed E-state index contributed by atoms with van der Waals surface area (Å²) in [4.78, 5) is 18.3. The van der Waals surface area contributed by atoms with Gasteiger partial charge in [0.15, 0.2) is 11.4 Å². The number of carbonyl (C=O) groups is 1. The Morgan fingerprint density at radius 1 is 0.969 bits per heavy atom. The Morgan fingerprint density at radius 3 is 2.22 bits per heavy atom. The molecule has 2 heterocycles. The van der Waals surface area contributed by atoms with Crippen LogP contribution in [-0.2, 0) is 5.41 Å².